The van der Waals surface area contributed by atoms with Gasteiger partial charge >= 0.3 is 0 Å². The lowest BCUT2D eigenvalue weighted by Gasteiger charge is -2.21. The minimum Gasteiger partial charge on any atom is -0.299 e. The molecule has 2 aliphatic rings. The third kappa shape index (κ3) is 0.800. The van der Waals surface area contributed by atoms with E-state index in [1.807, 2.05) is 0 Å². The lowest BCUT2D eigenvalue weighted by atomic mass is 9.80. The quantitative estimate of drug-likeness (QED) is 0.485. The van der Waals surface area contributed by atoms with E-state index in [0.717, 1.165) is 32.1 Å². The molecule has 1 atom stereocenters. The maximum atomic E-state index is 11.5. The molecule has 0 aromatic heterocycles. The highest BCUT2D eigenvalue weighted by molar-refractivity contribution is 5.90. The average molecular weight is 150 g/mol. The summed E-state index contributed by atoms with van der Waals surface area (Å²) in [5.41, 5.74) is 1.19. The molecule has 0 unspecified atom stereocenters. The number of Topliss-reactive ketones (excluding diaryl/α,β-unsaturated/α-hetero) is 1. The first-order chi connectivity index (χ1) is 5.26. The van der Waals surface area contributed by atoms with Crippen molar-refractivity contribution in [2.24, 2.45) is 5.41 Å². The Balaban J connectivity index is 2.33. The molecule has 0 bridgehead atoms. The maximum absolute atomic E-state index is 11.5. The van der Waals surface area contributed by atoms with Crippen molar-refractivity contribution in [3.63, 3.8) is 0 Å². The second-order valence-corrected chi connectivity index (χ2v) is 3.82. The lowest BCUT2D eigenvalue weighted by Crippen LogP contribution is -2.22. The van der Waals surface area contributed by atoms with Crippen LogP contribution >= 0.6 is 0 Å². The summed E-state index contributed by atoms with van der Waals surface area (Å²) >= 11 is 0. The summed E-state index contributed by atoms with van der Waals surface area (Å²) in [7, 11) is 0. The standard InChI is InChI=1S/C10H14O/c1-8-4-2-6-10(8)7-3-5-9(10)11/h1-7H2/t10-/m1/s1. The van der Waals surface area contributed by atoms with Gasteiger partial charge < -0.3 is 0 Å². The van der Waals surface area contributed by atoms with Crippen LogP contribution in [-0.2, 0) is 4.79 Å². The maximum Gasteiger partial charge on any atom is 0.143 e. The number of carbonyl (C=O) groups excluding carboxylic acids is 1. The van der Waals surface area contributed by atoms with Crippen LogP contribution < -0.4 is 0 Å². The third-order valence-electron chi connectivity index (χ3n) is 3.30. The minimum absolute atomic E-state index is 0.0278. The third-order valence-corrected chi connectivity index (χ3v) is 3.30. The van der Waals surface area contributed by atoms with E-state index in [0.29, 0.717) is 5.78 Å². The van der Waals surface area contributed by atoms with E-state index < -0.39 is 0 Å². The monoisotopic (exact) mass is 150 g/mol. The molecule has 1 heteroatoms. The Hall–Kier alpha value is -0.590. The van der Waals surface area contributed by atoms with Gasteiger partial charge in [0.1, 0.15) is 5.78 Å². The van der Waals surface area contributed by atoms with Crippen molar-refractivity contribution in [3.8, 4) is 0 Å². The molecule has 0 amide bonds. The fraction of sp³-hybridized carbons (Fsp3) is 0.700. The van der Waals surface area contributed by atoms with Gasteiger partial charge in [0.25, 0.3) is 0 Å². The van der Waals surface area contributed by atoms with E-state index in [9.17, 15) is 4.79 Å². The Morgan fingerprint density at radius 3 is 2.27 bits per heavy atom. The fourth-order valence-corrected chi connectivity index (χ4v) is 2.59. The zero-order chi connectivity index (χ0) is 7.90. The van der Waals surface area contributed by atoms with Crippen LogP contribution in [-0.4, -0.2) is 5.78 Å². The normalized spacial score (nSPS) is 37.5. The molecular formula is C10H14O. The van der Waals surface area contributed by atoms with Gasteiger partial charge in [0.2, 0.25) is 0 Å². The zero-order valence-corrected chi connectivity index (χ0v) is 6.86. The second-order valence-electron chi connectivity index (χ2n) is 3.82. The summed E-state index contributed by atoms with van der Waals surface area (Å²) in [4.78, 5) is 11.5. The Morgan fingerprint density at radius 2 is 1.82 bits per heavy atom. The van der Waals surface area contributed by atoms with Crippen LogP contribution in [0.4, 0.5) is 0 Å². The predicted octanol–water partition coefficient (Wildman–Crippen LogP) is 2.47. The highest BCUT2D eigenvalue weighted by Crippen LogP contribution is 2.50. The molecule has 11 heavy (non-hydrogen) atoms. The van der Waals surface area contributed by atoms with Crippen LogP contribution in [0.1, 0.15) is 38.5 Å². The van der Waals surface area contributed by atoms with Gasteiger partial charge in [-0.25, -0.2) is 0 Å². The molecule has 0 N–H and O–H groups in total. The van der Waals surface area contributed by atoms with Crippen LogP contribution in [0, 0.1) is 5.41 Å². The van der Waals surface area contributed by atoms with Crippen molar-refractivity contribution in [3.05, 3.63) is 12.2 Å². The number of hydrogen-bond donors (Lipinski definition) is 0. The van der Waals surface area contributed by atoms with Crippen molar-refractivity contribution >= 4 is 5.78 Å². The molecule has 0 aliphatic heterocycles. The molecule has 0 radical (unpaired) electrons. The number of rotatable bonds is 0. The first-order valence-corrected chi connectivity index (χ1v) is 4.47. The van der Waals surface area contributed by atoms with Crippen molar-refractivity contribution in [2.75, 3.05) is 0 Å². The van der Waals surface area contributed by atoms with Crippen LogP contribution in [0.25, 0.3) is 0 Å². The van der Waals surface area contributed by atoms with Crippen molar-refractivity contribution < 1.29 is 4.79 Å². The lowest BCUT2D eigenvalue weighted by molar-refractivity contribution is -0.123. The fourth-order valence-electron chi connectivity index (χ4n) is 2.59. The van der Waals surface area contributed by atoms with Gasteiger partial charge in [-0.15, -0.1) is 0 Å². The average Bonchev–Trinajstić information content (AvgIpc) is 2.48. The van der Waals surface area contributed by atoms with Gasteiger partial charge in [-0.3, -0.25) is 4.79 Å². The number of allylic oxidation sites excluding steroid dienone is 1. The molecule has 2 fully saturated rings. The van der Waals surface area contributed by atoms with Gasteiger partial charge in [0, 0.05) is 11.8 Å². The van der Waals surface area contributed by atoms with Gasteiger partial charge in [0.05, 0.1) is 0 Å². The zero-order valence-electron chi connectivity index (χ0n) is 6.86. The molecule has 2 aliphatic carbocycles. The minimum atomic E-state index is -0.0278. The molecule has 0 aromatic rings. The molecule has 1 nitrogen and oxygen atoms in total. The van der Waals surface area contributed by atoms with E-state index in [1.54, 1.807) is 0 Å². The molecule has 0 saturated heterocycles. The van der Waals surface area contributed by atoms with E-state index >= 15 is 0 Å². The van der Waals surface area contributed by atoms with E-state index in [4.69, 9.17) is 0 Å². The van der Waals surface area contributed by atoms with Crippen LogP contribution in [0.15, 0.2) is 12.2 Å². The largest absolute Gasteiger partial charge is 0.299 e. The number of carbonyl (C=O) groups is 1. The molecule has 60 valence electrons. The Kier molecular flexibility index (Phi) is 1.41. The summed E-state index contributed by atoms with van der Waals surface area (Å²) in [5.74, 6) is 0.472. The highest BCUT2D eigenvalue weighted by Gasteiger charge is 2.46. The number of hydrogen-bond acceptors (Lipinski definition) is 1. The van der Waals surface area contributed by atoms with Crippen LogP contribution in [0.5, 0.6) is 0 Å². The summed E-state index contributed by atoms with van der Waals surface area (Å²) in [5, 5.41) is 0. The Labute approximate surface area is 67.5 Å². The Morgan fingerprint density at radius 1 is 1.18 bits per heavy atom. The summed E-state index contributed by atoms with van der Waals surface area (Å²) < 4.78 is 0. The summed E-state index contributed by atoms with van der Waals surface area (Å²) in [6, 6.07) is 0. The van der Waals surface area contributed by atoms with Crippen LogP contribution in [0.2, 0.25) is 0 Å². The molecular weight excluding hydrogens is 136 g/mol. The Bertz CT molecular complexity index is 191. The van der Waals surface area contributed by atoms with Crippen molar-refractivity contribution in [1.82, 2.24) is 0 Å². The van der Waals surface area contributed by atoms with Crippen molar-refractivity contribution in [1.29, 1.82) is 0 Å². The summed E-state index contributed by atoms with van der Waals surface area (Å²) in [6.07, 6.45) is 6.35. The van der Waals surface area contributed by atoms with Gasteiger partial charge in [0.15, 0.2) is 0 Å². The predicted molar refractivity (Wildman–Crippen MR) is 44.3 cm³/mol. The van der Waals surface area contributed by atoms with Gasteiger partial charge in [-0.05, 0) is 32.1 Å². The van der Waals surface area contributed by atoms with Crippen LogP contribution in [0.3, 0.4) is 0 Å². The van der Waals surface area contributed by atoms with E-state index in [-0.39, 0.29) is 5.41 Å². The first-order valence-electron chi connectivity index (χ1n) is 4.47. The van der Waals surface area contributed by atoms with E-state index in [2.05, 4.69) is 6.58 Å². The topological polar surface area (TPSA) is 17.1 Å². The number of ketones is 1. The molecule has 1 spiro atoms. The summed E-state index contributed by atoms with van der Waals surface area (Å²) in [6.45, 7) is 4.02. The highest BCUT2D eigenvalue weighted by atomic mass is 16.1. The smallest absolute Gasteiger partial charge is 0.143 e. The first kappa shape index (κ1) is 7.08. The van der Waals surface area contributed by atoms with Gasteiger partial charge in [-0.1, -0.05) is 12.2 Å². The second kappa shape index (κ2) is 2.20. The molecule has 0 aromatic carbocycles. The van der Waals surface area contributed by atoms with Crippen molar-refractivity contribution in [2.45, 2.75) is 38.5 Å². The van der Waals surface area contributed by atoms with Gasteiger partial charge in [-0.2, -0.15) is 0 Å². The van der Waals surface area contributed by atoms with E-state index in [1.165, 1.54) is 12.0 Å². The molecule has 0 heterocycles. The SMILES string of the molecule is C=C1CCC[C@@]12CCCC2=O. The molecule has 2 rings (SSSR count). The molecule has 2 saturated carbocycles.